The van der Waals surface area contributed by atoms with E-state index in [2.05, 4.69) is 55.8 Å². The van der Waals surface area contributed by atoms with Gasteiger partial charge in [-0.2, -0.15) is 4.37 Å². The van der Waals surface area contributed by atoms with E-state index in [0.29, 0.717) is 0 Å². The van der Waals surface area contributed by atoms with Crippen LogP contribution in [0, 0.1) is 0 Å². The van der Waals surface area contributed by atoms with Gasteiger partial charge in [-0.1, -0.05) is 25.1 Å². The summed E-state index contributed by atoms with van der Waals surface area (Å²) in [5, 5.41) is 7.93. The summed E-state index contributed by atoms with van der Waals surface area (Å²) in [5.41, 5.74) is 1.16. The van der Waals surface area contributed by atoms with Crippen molar-refractivity contribution in [3.05, 3.63) is 36.2 Å². The van der Waals surface area contributed by atoms with Gasteiger partial charge in [-0.15, -0.1) is 24.0 Å². The van der Waals surface area contributed by atoms with Crippen LogP contribution in [-0.2, 0) is 6.42 Å². The van der Waals surface area contributed by atoms with Gasteiger partial charge in [0.2, 0.25) is 5.13 Å². The number of anilines is 2. The smallest absolute Gasteiger partial charge is 0.205 e. The minimum absolute atomic E-state index is 0. The number of halogens is 1. The molecule has 0 unspecified atom stereocenters. The van der Waals surface area contributed by atoms with E-state index in [4.69, 9.17) is 4.99 Å². The second-order valence-electron chi connectivity index (χ2n) is 6.70. The predicted molar refractivity (Wildman–Crippen MR) is 134 cm³/mol. The Balaban J connectivity index is 0.00000300. The van der Waals surface area contributed by atoms with Crippen molar-refractivity contribution in [1.82, 2.24) is 19.6 Å². The SMILES string of the molecule is CCNC(=NCCCNc1ccccc1)N1CCN(c2nc(CC)ns2)CC1.I. The first-order valence-corrected chi connectivity index (χ1v) is 11.0. The first-order chi connectivity index (χ1) is 13.8. The molecule has 2 heterocycles. The molecule has 1 aliphatic heterocycles. The Morgan fingerprint density at radius 3 is 2.55 bits per heavy atom. The number of nitrogens with one attached hydrogen (secondary N) is 2. The van der Waals surface area contributed by atoms with Crippen molar-refractivity contribution in [3.63, 3.8) is 0 Å². The lowest BCUT2D eigenvalue weighted by Gasteiger charge is -2.36. The van der Waals surface area contributed by atoms with E-state index in [9.17, 15) is 0 Å². The van der Waals surface area contributed by atoms with Crippen LogP contribution in [0.25, 0.3) is 0 Å². The van der Waals surface area contributed by atoms with Crippen LogP contribution in [0.15, 0.2) is 35.3 Å². The Labute approximate surface area is 195 Å². The lowest BCUT2D eigenvalue weighted by atomic mass is 10.3. The molecule has 7 nitrogen and oxygen atoms in total. The molecule has 0 atom stereocenters. The van der Waals surface area contributed by atoms with E-state index in [1.54, 1.807) is 0 Å². The number of guanidine groups is 1. The molecule has 2 aromatic rings. The number of nitrogens with zero attached hydrogens (tertiary/aromatic N) is 5. The van der Waals surface area contributed by atoms with Crippen molar-refractivity contribution < 1.29 is 0 Å². The molecule has 1 saturated heterocycles. The van der Waals surface area contributed by atoms with Gasteiger partial charge in [0.25, 0.3) is 0 Å². The highest BCUT2D eigenvalue weighted by Crippen LogP contribution is 2.19. The van der Waals surface area contributed by atoms with E-state index >= 15 is 0 Å². The number of aromatic nitrogens is 2. The van der Waals surface area contributed by atoms with Gasteiger partial charge < -0.3 is 20.4 Å². The molecule has 0 amide bonds. The molecule has 1 aromatic carbocycles. The zero-order chi connectivity index (χ0) is 19.6. The maximum absolute atomic E-state index is 4.83. The second-order valence-corrected chi connectivity index (χ2v) is 7.43. The molecule has 160 valence electrons. The number of aliphatic imine (C=N–C) groups is 1. The maximum Gasteiger partial charge on any atom is 0.205 e. The zero-order valence-electron chi connectivity index (χ0n) is 17.3. The van der Waals surface area contributed by atoms with Gasteiger partial charge in [0.1, 0.15) is 5.82 Å². The summed E-state index contributed by atoms with van der Waals surface area (Å²) < 4.78 is 4.41. The highest BCUT2D eigenvalue weighted by molar-refractivity contribution is 14.0. The third-order valence-corrected chi connectivity index (χ3v) is 5.47. The molecule has 0 saturated carbocycles. The molecule has 0 bridgehead atoms. The van der Waals surface area contributed by atoms with Gasteiger partial charge in [-0.25, -0.2) is 4.98 Å². The van der Waals surface area contributed by atoms with Crippen molar-refractivity contribution >= 4 is 52.3 Å². The molecule has 1 aromatic heterocycles. The van der Waals surface area contributed by atoms with Crippen molar-refractivity contribution in [2.75, 3.05) is 56.0 Å². The minimum Gasteiger partial charge on any atom is -0.385 e. The fraction of sp³-hybridized carbons (Fsp3) is 0.550. The highest BCUT2D eigenvalue weighted by atomic mass is 127. The van der Waals surface area contributed by atoms with Crippen LogP contribution in [0.1, 0.15) is 26.1 Å². The molecule has 29 heavy (non-hydrogen) atoms. The van der Waals surface area contributed by atoms with Gasteiger partial charge >= 0.3 is 0 Å². The first-order valence-electron chi connectivity index (χ1n) is 10.2. The lowest BCUT2D eigenvalue weighted by molar-refractivity contribution is 0.372. The molecule has 0 aliphatic carbocycles. The Kier molecular flexibility index (Phi) is 10.5. The summed E-state index contributed by atoms with van der Waals surface area (Å²) in [6.07, 6.45) is 1.90. The van der Waals surface area contributed by atoms with Crippen molar-refractivity contribution in [3.8, 4) is 0 Å². The number of aryl methyl sites for hydroxylation is 1. The molecule has 9 heteroatoms. The van der Waals surface area contributed by atoms with Crippen LogP contribution < -0.4 is 15.5 Å². The zero-order valence-corrected chi connectivity index (χ0v) is 20.5. The fourth-order valence-corrected chi connectivity index (χ4v) is 3.91. The summed E-state index contributed by atoms with van der Waals surface area (Å²) in [7, 11) is 0. The van der Waals surface area contributed by atoms with Crippen LogP contribution in [0.3, 0.4) is 0 Å². The van der Waals surface area contributed by atoms with Crippen LogP contribution >= 0.6 is 35.5 Å². The summed E-state index contributed by atoms with van der Waals surface area (Å²) in [6.45, 7) is 10.7. The first kappa shape index (κ1) is 23.7. The molecule has 2 N–H and O–H groups in total. The van der Waals surface area contributed by atoms with E-state index < -0.39 is 0 Å². The molecule has 3 rings (SSSR count). The van der Waals surface area contributed by atoms with Crippen LogP contribution in [0.2, 0.25) is 0 Å². The molecular weight excluding hydrogens is 497 g/mol. The second kappa shape index (κ2) is 12.8. The fourth-order valence-electron chi connectivity index (χ4n) is 3.10. The quantitative estimate of drug-likeness (QED) is 0.237. The summed E-state index contributed by atoms with van der Waals surface area (Å²) in [6, 6.07) is 10.3. The monoisotopic (exact) mass is 529 g/mol. The number of hydrogen-bond acceptors (Lipinski definition) is 6. The number of para-hydroxylation sites is 1. The van der Waals surface area contributed by atoms with Crippen molar-refractivity contribution in [1.29, 1.82) is 0 Å². The van der Waals surface area contributed by atoms with Gasteiger partial charge in [0.15, 0.2) is 5.96 Å². The average Bonchev–Trinajstić information content (AvgIpc) is 3.23. The average molecular weight is 529 g/mol. The largest absolute Gasteiger partial charge is 0.385 e. The Morgan fingerprint density at radius 1 is 1.14 bits per heavy atom. The van der Waals surface area contributed by atoms with E-state index in [1.807, 2.05) is 18.2 Å². The van der Waals surface area contributed by atoms with Crippen LogP contribution in [0.4, 0.5) is 10.8 Å². The van der Waals surface area contributed by atoms with Crippen molar-refractivity contribution in [2.45, 2.75) is 26.7 Å². The third kappa shape index (κ3) is 7.29. The number of benzene rings is 1. The predicted octanol–water partition coefficient (Wildman–Crippen LogP) is 3.31. The number of piperazine rings is 1. The van der Waals surface area contributed by atoms with E-state index in [0.717, 1.165) is 81.3 Å². The molecule has 1 aliphatic rings. The molecular formula is C20H32IN7S. The van der Waals surface area contributed by atoms with Crippen molar-refractivity contribution in [2.24, 2.45) is 4.99 Å². The normalized spacial score (nSPS) is 14.5. The minimum atomic E-state index is 0. The van der Waals surface area contributed by atoms with Gasteiger partial charge in [-0.3, -0.25) is 4.99 Å². The molecule has 0 radical (unpaired) electrons. The number of rotatable bonds is 8. The van der Waals surface area contributed by atoms with E-state index in [1.165, 1.54) is 11.5 Å². The Morgan fingerprint density at radius 2 is 1.90 bits per heavy atom. The maximum atomic E-state index is 4.83. The molecule has 1 fully saturated rings. The van der Waals surface area contributed by atoms with Crippen LogP contribution in [0.5, 0.6) is 0 Å². The van der Waals surface area contributed by atoms with Gasteiger partial charge in [-0.05, 0) is 25.5 Å². The Hall–Kier alpha value is -1.62. The van der Waals surface area contributed by atoms with E-state index in [-0.39, 0.29) is 24.0 Å². The van der Waals surface area contributed by atoms with Gasteiger partial charge in [0, 0.05) is 69.5 Å². The summed E-state index contributed by atoms with van der Waals surface area (Å²) in [5.74, 6) is 1.97. The Bertz CT molecular complexity index is 729. The topological polar surface area (TPSA) is 68.7 Å². The lowest BCUT2D eigenvalue weighted by Crippen LogP contribution is -2.52. The highest BCUT2D eigenvalue weighted by Gasteiger charge is 2.21. The third-order valence-electron chi connectivity index (χ3n) is 4.66. The van der Waals surface area contributed by atoms with Crippen LogP contribution in [-0.4, -0.2) is 66.0 Å². The van der Waals surface area contributed by atoms with Gasteiger partial charge in [0.05, 0.1) is 0 Å². The summed E-state index contributed by atoms with van der Waals surface area (Å²) >= 11 is 1.51. The summed E-state index contributed by atoms with van der Waals surface area (Å²) in [4.78, 5) is 14.1. The number of hydrogen-bond donors (Lipinski definition) is 2. The molecule has 0 spiro atoms. The standard InChI is InChI=1S/C20H31N7S.HI/c1-3-18-24-20(28-25-18)27-15-13-26(14-16-27)19(21-4-2)23-12-8-11-22-17-9-6-5-7-10-17;/h5-7,9-10,22H,3-4,8,11-16H2,1-2H3,(H,21,23);1H.